The average Bonchev–Trinajstić information content (AvgIpc) is 2.64. The van der Waals surface area contributed by atoms with Crippen LogP contribution in [0.1, 0.15) is 16.7 Å². The number of halogens is 1. The van der Waals surface area contributed by atoms with E-state index in [2.05, 4.69) is 33.4 Å². The lowest BCUT2D eigenvalue weighted by molar-refractivity contribution is -0.118. The van der Waals surface area contributed by atoms with Gasteiger partial charge in [-0.1, -0.05) is 64.5 Å². The van der Waals surface area contributed by atoms with Crippen molar-refractivity contribution < 1.29 is 9.53 Å². The van der Waals surface area contributed by atoms with E-state index in [-0.39, 0.29) is 12.5 Å². The van der Waals surface area contributed by atoms with Gasteiger partial charge in [0.25, 0.3) is 5.91 Å². The van der Waals surface area contributed by atoms with Crippen LogP contribution in [0, 0.1) is 6.92 Å². The Morgan fingerprint density at radius 3 is 2.50 bits per heavy atom. The number of hydrogen-bond donors (Lipinski definition) is 1. The SMILES string of the molecule is Cc1cc(Br)ccc1NC(=O)COc1ccccc1Cc1ccccc1. The van der Waals surface area contributed by atoms with Crippen LogP contribution in [0.2, 0.25) is 0 Å². The normalized spacial score (nSPS) is 10.4. The van der Waals surface area contributed by atoms with Crippen molar-refractivity contribution in [3.05, 3.63) is 94.0 Å². The third-order valence-electron chi connectivity index (χ3n) is 4.03. The largest absolute Gasteiger partial charge is 0.483 e. The van der Waals surface area contributed by atoms with E-state index in [1.165, 1.54) is 5.56 Å². The number of carbonyl (C=O) groups excluding carboxylic acids is 1. The Balaban J connectivity index is 1.63. The van der Waals surface area contributed by atoms with E-state index < -0.39 is 0 Å². The molecule has 4 heteroatoms. The molecule has 0 saturated heterocycles. The van der Waals surface area contributed by atoms with Gasteiger partial charge in [-0.05, 0) is 47.9 Å². The van der Waals surface area contributed by atoms with Crippen LogP contribution < -0.4 is 10.1 Å². The number of anilines is 1. The molecule has 0 aliphatic carbocycles. The van der Waals surface area contributed by atoms with Gasteiger partial charge < -0.3 is 10.1 Å². The molecule has 132 valence electrons. The molecule has 1 N–H and O–H groups in total. The molecule has 0 saturated carbocycles. The van der Waals surface area contributed by atoms with Gasteiger partial charge >= 0.3 is 0 Å². The Bertz CT molecular complexity index is 894. The minimum Gasteiger partial charge on any atom is -0.483 e. The summed E-state index contributed by atoms with van der Waals surface area (Å²) in [5.74, 6) is 0.559. The number of nitrogens with one attached hydrogen (secondary N) is 1. The quantitative estimate of drug-likeness (QED) is 0.594. The number of carbonyl (C=O) groups is 1. The predicted octanol–water partition coefficient (Wildman–Crippen LogP) is 5.37. The number of benzene rings is 3. The van der Waals surface area contributed by atoms with Crippen LogP contribution in [-0.4, -0.2) is 12.5 Å². The molecule has 1 amide bonds. The molecule has 3 rings (SSSR count). The summed E-state index contributed by atoms with van der Waals surface area (Å²) in [4.78, 5) is 12.2. The van der Waals surface area contributed by atoms with Crippen LogP contribution in [0.3, 0.4) is 0 Å². The fraction of sp³-hybridized carbons (Fsp3) is 0.136. The number of para-hydroxylation sites is 1. The first-order valence-corrected chi connectivity index (χ1v) is 9.22. The molecule has 0 radical (unpaired) electrons. The summed E-state index contributed by atoms with van der Waals surface area (Å²) in [6.07, 6.45) is 0.768. The summed E-state index contributed by atoms with van der Waals surface area (Å²) < 4.78 is 6.77. The molecule has 0 spiro atoms. The zero-order valence-electron chi connectivity index (χ0n) is 14.5. The van der Waals surface area contributed by atoms with E-state index in [9.17, 15) is 4.79 Å². The standard InChI is InChI=1S/C22H20BrNO2/c1-16-13-19(23)11-12-20(16)24-22(25)15-26-21-10-6-5-9-18(21)14-17-7-3-2-4-8-17/h2-13H,14-15H2,1H3,(H,24,25). The Morgan fingerprint density at radius 1 is 1.00 bits per heavy atom. The first kappa shape index (κ1) is 18.2. The zero-order valence-corrected chi connectivity index (χ0v) is 16.1. The molecule has 3 aromatic carbocycles. The van der Waals surface area contributed by atoms with Crippen molar-refractivity contribution in [2.24, 2.45) is 0 Å². The van der Waals surface area contributed by atoms with E-state index in [1.807, 2.05) is 67.6 Å². The Labute approximate surface area is 162 Å². The van der Waals surface area contributed by atoms with Crippen LogP contribution in [0.5, 0.6) is 5.75 Å². The molecule has 0 unspecified atom stereocenters. The summed E-state index contributed by atoms with van der Waals surface area (Å²) in [7, 11) is 0. The lowest BCUT2D eigenvalue weighted by Gasteiger charge is -2.13. The van der Waals surface area contributed by atoms with E-state index in [0.29, 0.717) is 0 Å². The first-order chi connectivity index (χ1) is 12.6. The maximum Gasteiger partial charge on any atom is 0.262 e. The van der Waals surface area contributed by atoms with E-state index >= 15 is 0 Å². The molecule has 0 bridgehead atoms. The van der Waals surface area contributed by atoms with Crippen LogP contribution in [0.25, 0.3) is 0 Å². The lowest BCUT2D eigenvalue weighted by Crippen LogP contribution is -2.21. The van der Waals surface area contributed by atoms with Gasteiger partial charge in [-0.15, -0.1) is 0 Å². The van der Waals surface area contributed by atoms with E-state index in [0.717, 1.165) is 33.5 Å². The molecule has 0 fully saturated rings. The van der Waals surface area contributed by atoms with Gasteiger partial charge in [-0.2, -0.15) is 0 Å². The second kappa shape index (κ2) is 8.68. The molecule has 0 atom stereocenters. The van der Waals surface area contributed by atoms with Crippen LogP contribution in [-0.2, 0) is 11.2 Å². The highest BCUT2D eigenvalue weighted by Gasteiger charge is 2.09. The number of amides is 1. The fourth-order valence-corrected chi connectivity index (χ4v) is 3.18. The average molecular weight is 410 g/mol. The summed E-state index contributed by atoms with van der Waals surface area (Å²) in [5, 5.41) is 2.89. The molecule has 26 heavy (non-hydrogen) atoms. The second-order valence-corrected chi connectivity index (χ2v) is 6.98. The molecular weight excluding hydrogens is 390 g/mol. The third kappa shape index (κ3) is 4.96. The Morgan fingerprint density at radius 2 is 1.73 bits per heavy atom. The van der Waals surface area contributed by atoms with Gasteiger partial charge in [0.2, 0.25) is 0 Å². The Kier molecular flexibility index (Phi) is 6.08. The van der Waals surface area contributed by atoms with Gasteiger partial charge in [-0.25, -0.2) is 0 Å². The first-order valence-electron chi connectivity index (χ1n) is 8.42. The fourth-order valence-electron chi connectivity index (χ4n) is 2.70. The number of hydrogen-bond acceptors (Lipinski definition) is 2. The summed E-state index contributed by atoms with van der Waals surface area (Å²) in [6.45, 7) is 1.93. The second-order valence-electron chi connectivity index (χ2n) is 6.07. The third-order valence-corrected chi connectivity index (χ3v) is 4.52. The monoisotopic (exact) mass is 409 g/mol. The molecule has 0 aliphatic heterocycles. The minimum atomic E-state index is -0.176. The van der Waals surface area contributed by atoms with Crippen LogP contribution in [0.4, 0.5) is 5.69 Å². The maximum atomic E-state index is 12.2. The number of ether oxygens (including phenoxy) is 1. The predicted molar refractivity (Wildman–Crippen MR) is 109 cm³/mol. The van der Waals surface area contributed by atoms with Crippen molar-refractivity contribution >= 4 is 27.5 Å². The number of rotatable bonds is 6. The minimum absolute atomic E-state index is 0.0265. The molecule has 0 aromatic heterocycles. The van der Waals surface area contributed by atoms with E-state index in [4.69, 9.17) is 4.74 Å². The van der Waals surface area contributed by atoms with Crippen molar-refractivity contribution in [2.45, 2.75) is 13.3 Å². The Hall–Kier alpha value is -2.59. The molecule has 3 aromatic rings. The zero-order chi connectivity index (χ0) is 18.4. The van der Waals surface area contributed by atoms with Gasteiger partial charge in [-0.3, -0.25) is 4.79 Å². The highest BCUT2D eigenvalue weighted by Crippen LogP contribution is 2.22. The van der Waals surface area contributed by atoms with Crippen molar-refractivity contribution in [1.29, 1.82) is 0 Å². The highest BCUT2D eigenvalue weighted by molar-refractivity contribution is 9.10. The molecule has 0 heterocycles. The summed E-state index contributed by atoms with van der Waals surface area (Å²) >= 11 is 3.42. The number of aryl methyl sites for hydroxylation is 1. The summed E-state index contributed by atoms with van der Waals surface area (Å²) in [6, 6.07) is 23.8. The molecule has 0 aliphatic rings. The maximum absolute atomic E-state index is 12.2. The van der Waals surface area contributed by atoms with Crippen molar-refractivity contribution in [1.82, 2.24) is 0 Å². The highest BCUT2D eigenvalue weighted by atomic mass is 79.9. The molecular formula is C22H20BrNO2. The van der Waals surface area contributed by atoms with E-state index in [1.54, 1.807) is 0 Å². The van der Waals surface area contributed by atoms with Gasteiger partial charge in [0.05, 0.1) is 0 Å². The smallest absolute Gasteiger partial charge is 0.262 e. The molecule has 3 nitrogen and oxygen atoms in total. The summed E-state index contributed by atoms with van der Waals surface area (Å²) in [5.41, 5.74) is 4.06. The van der Waals surface area contributed by atoms with Crippen LogP contribution in [0.15, 0.2) is 77.3 Å². The van der Waals surface area contributed by atoms with Gasteiger partial charge in [0.1, 0.15) is 5.75 Å². The van der Waals surface area contributed by atoms with Crippen molar-refractivity contribution in [2.75, 3.05) is 11.9 Å². The lowest BCUT2D eigenvalue weighted by atomic mass is 10.0. The van der Waals surface area contributed by atoms with Gasteiger partial charge in [0.15, 0.2) is 6.61 Å². The van der Waals surface area contributed by atoms with Gasteiger partial charge in [0, 0.05) is 16.6 Å². The van der Waals surface area contributed by atoms with Crippen molar-refractivity contribution in [3.63, 3.8) is 0 Å². The van der Waals surface area contributed by atoms with Crippen molar-refractivity contribution in [3.8, 4) is 5.75 Å². The topological polar surface area (TPSA) is 38.3 Å². The van der Waals surface area contributed by atoms with Crippen LogP contribution >= 0.6 is 15.9 Å².